The van der Waals surface area contributed by atoms with E-state index in [2.05, 4.69) is 4.57 Å². The number of rotatable bonds is 7. The van der Waals surface area contributed by atoms with Gasteiger partial charge in [-0.25, -0.2) is 4.79 Å². The van der Waals surface area contributed by atoms with Crippen molar-refractivity contribution in [2.75, 3.05) is 35.0 Å². The van der Waals surface area contributed by atoms with Gasteiger partial charge in [-0.1, -0.05) is 0 Å². The van der Waals surface area contributed by atoms with Crippen molar-refractivity contribution in [2.24, 2.45) is 0 Å². The molecule has 2 aromatic carbocycles. The van der Waals surface area contributed by atoms with Crippen molar-refractivity contribution in [2.45, 2.75) is 26.8 Å². The SMILES string of the molecule is CCOC(=O)c1c(-c2cc(OC)c(OC)c(OC)c2)c(C)n2c1-c1ccc(OC)cc1CC2. The summed E-state index contributed by atoms with van der Waals surface area (Å²) in [6.45, 7) is 4.87. The van der Waals surface area contributed by atoms with Gasteiger partial charge in [-0.05, 0) is 61.7 Å². The number of aryl methyl sites for hydroxylation is 1. The van der Waals surface area contributed by atoms with Crippen molar-refractivity contribution >= 4 is 5.97 Å². The molecule has 0 saturated carbocycles. The zero-order valence-electron chi connectivity index (χ0n) is 19.9. The molecule has 0 N–H and O–H groups in total. The summed E-state index contributed by atoms with van der Waals surface area (Å²) in [5.41, 5.74) is 6.11. The van der Waals surface area contributed by atoms with E-state index in [1.54, 1.807) is 28.4 Å². The summed E-state index contributed by atoms with van der Waals surface area (Å²) < 4.78 is 29.8. The third-order valence-electron chi connectivity index (χ3n) is 6.13. The van der Waals surface area contributed by atoms with Crippen molar-refractivity contribution in [3.05, 3.63) is 47.2 Å². The van der Waals surface area contributed by atoms with E-state index < -0.39 is 0 Å². The number of nitrogens with zero attached hydrogens (tertiary/aromatic N) is 1. The van der Waals surface area contributed by atoms with Crippen LogP contribution in [0.25, 0.3) is 22.4 Å². The predicted octanol–water partition coefficient (Wildman–Crippen LogP) is 4.90. The van der Waals surface area contributed by atoms with Crippen LogP contribution in [0.3, 0.4) is 0 Å². The molecule has 2 heterocycles. The number of benzene rings is 2. The molecular weight excluding hydrogens is 422 g/mol. The zero-order chi connectivity index (χ0) is 23.7. The second-order valence-corrected chi connectivity index (χ2v) is 7.74. The molecule has 0 spiro atoms. The van der Waals surface area contributed by atoms with E-state index >= 15 is 0 Å². The molecular formula is C26H29NO6. The molecule has 4 rings (SSSR count). The standard InChI is InChI=1S/C26H29NO6/c1-7-33-26(28)23-22(17-13-20(30-4)25(32-6)21(14-17)31-5)15(2)27-11-10-16-12-18(29-3)8-9-19(16)24(23)27/h8-9,12-14H,7,10-11H2,1-6H3. The van der Waals surface area contributed by atoms with E-state index in [1.165, 1.54) is 0 Å². The van der Waals surface area contributed by atoms with Crippen LogP contribution in [0, 0.1) is 6.92 Å². The van der Waals surface area contributed by atoms with Crippen LogP contribution in [0.2, 0.25) is 0 Å². The molecule has 1 aliphatic heterocycles. The van der Waals surface area contributed by atoms with Gasteiger partial charge in [0.2, 0.25) is 5.75 Å². The second kappa shape index (κ2) is 9.10. The summed E-state index contributed by atoms with van der Waals surface area (Å²) in [6.07, 6.45) is 0.839. The lowest BCUT2D eigenvalue weighted by molar-refractivity contribution is 0.0528. The molecule has 0 atom stereocenters. The Labute approximate surface area is 193 Å². The number of hydrogen-bond acceptors (Lipinski definition) is 6. The molecule has 0 fully saturated rings. The van der Waals surface area contributed by atoms with E-state index in [0.29, 0.717) is 22.8 Å². The van der Waals surface area contributed by atoms with Crippen LogP contribution < -0.4 is 18.9 Å². The Morgan fingerprint density at radius 2 is 1.67 bits per heavy atom. The van der Waals surface area contributed by atoms with E-state index in [9.17, 15) is 4.79 Å². The van der Waals surface area contributed by atoms with Gasteiger partial charge < -0.3 is 28.3 Å². The van der Waals surface area contributed by atoms with Gasteiger partial charge in [-0.15, -0.1) is 0 Å². The van der Waals surface area contributed by atoms with Crippen LogP contribution in [-0.4, -0.2) is 45.6 Å². The van der Waals surface area contributed by atoms with Gasteiger partial charge in [0.25, 0.3) is 0 Å². The molecule has 0 bridgehead atoms. The van der Waals surface area contributed by atoms with Crippen molar-refractivity contribution in [1.82, 2.24) is 4.57 Å². The number of fused-ring (bicyclic) bond motifs is 3. The van der Waals surface area contributed by atoms with Crippen molar-refractivity contribution < 1.29 is 28.5 Å². The average Bonchev–Trinajstić information content (AvgIpc) is 3.15. The summed E-state index contributed by atoms with van der Waals surface area (Å²) in [5, 5.41) is 0. The first-order chi connectivity index (χ1) is 16.0. The van der Waals surface area contributed by atoms with Gasteiger partial charge in [-0.3, -0.25) is 0 Å². The van der Waals surface area contributed by atoms with Crippen LogP contribution >= 0.6 is 0 Å². The molecule has 0 unspecified atom stereocenters. The van der Waals surface area contributed by atoms with Gasteiger partial charge in [-0.2, -0.15) is 0 Å². The number of esters is 1. The predicted molar refractivity (Wildman–Crippen MR) is 126 cm³/mol. The Kier molecular flexibility index (Phi) is 6.22. The number of carbonyl (C=O) groups excluding carboxylic acids is 1. The molecule has 1 aliphatic rings. The second-order valence-electron chi connectivity index (χ2n) is 7.74. The highest BCUT2D eigenvalue weighted by Gasteiger charge is 2.32. The lowest BCUT2D eigenvalue weighted by atomic mass is 9.93. The first kappa shape index (κ1) is 22.6. The number of hydrogen-bond donors (Lipinski definition) is 0. The minimum absolute atomic E-state index is 0.284. The lowest BCUT2D eigenvalue weighted by Gasteiger charge is -2.22. The number of aromatic nitrogens is 1. The molecule has 174 valence electrons. The molecule has 0 aliphatic carbocycles. The van der Waals surface area contributed by atoms with Crippen LogP contribution in [0.5, 0.6) is 23.0 Å². The van der Waals surface area contributed by atoms with Crippen molar-refractivity contribution in [3.8, 4) is 45.4 Å². The summed E-state index contributed by atoms with van der Waals surface area (Å²) >= 11 is 0. The van der Waals surface area contributed by atoms with E-state index in [-0.39, 0.29) is 12.6 Å². The van der Waals surface area contributed by atoms with E-state index in [1.807, 2.05) is 44.2 Å². The van der Waals surface area contributed by atoms with Crippen LogP contribution in [0.1, 0.15) is 28.5 Å². The van der Waals surface area contributed by atoms with Crippen molar-refractivity contribution in [3.63, 3.8) is 0 Å². The molecule has 33 heavy (non-hydrogen) atoms. The highest BCUT2D eigenvalue weighted by atomic mass is 16.5. The molecule has 0 saturated heterocycles. The quantitative estimate of drug-likeness (QED) is 0.476. The van der Waals surface area contributed by atoms with Gasteiger partial charge in [0.15, 0.2) is 11.5 Å². The summed E-state index contributed by atoms with van der Waals surface area (Å²) in [5.74, 6) is 1.99. The molecule has 0 radical (unpaired) electrons. The van der Waals surface area contributed by atoms with Gasteiger partial charge in [0.05, 0.1) is 46.3 Å². The Hall–Kier alpha value is -3.61. The molecule has 0 amide bonds. The minimum atomic E-state index is -0.359. The molecule has 3 aromatic rings. The Morgan fingerprint density at radius 3 is 2.24 bits per heavy atom. The monoisotopic (exact) mass is 451 g/mol. The fourth-order valence-corrected chi connectivity index (χ4v) is 4.64. The number of carbonyl (C=O) groups is 1. The highest BCUT2D eigenvalue weighted by molar-refractivity contribution is 6.05. The average molecular weight is 452 g/mol. The smallest absolute Gasteiger partial charge is 0.340 e. The first-order valence-electron chi connectivity index (χ1n) is 10.9. The third kappa shape index (κ3) is 3.67. The normalized spacial score (nSPS) is 11.9. The topological polar surface area (TPSA) is 68.2 Å². The number of ether oxygens (including phenoxy) is 5. The molecule has 7 nitrogen and oxygen atoms in total. The van der Waals surface area contributed by atoms with Gasteiger partial charge >= 0.3 is 5.97 Å². The van der Waals surface area contributed by atoms with Crippen LogP contribution in [0.15, 0.2) is 30.3 Å². The third-order valence-corrected chi connectivity index (χ3v) is 6.13. The largest absolute Gasteiger partial charge is 0.497 e. The van der Waals surface area contributed by atoms with Crippen molar-refractivity contribution in [1.29, 1.82) is 0 Å². The highest BCUT2D eigenvalue weighted by Crippen LogP contribution is 2.47. The summed E-state index contributed by atoms with van der Waals surface area (Å²) in [7, 11) is 6.38. The zero-order valence-corrected chi connectivity index (χ0v) is 19.9. The Balaban J connectivity index is 2.03. The fraction of sp³-hybridized carbons (Fsp3) is 0.346. The summed E-state index contributed by atoms with van der Waals surface area (Å²) in [4.78, 5) is 13.3. The Bertz CT molecular complexity index is 1180. The number of methoxy groups -OCH3 is 4. The minimum Gasteiger partial charge on any atom is -0.497 e. The maximum atomic E-state index is 13.3. The van der Waals surface area contributed by atoms with E-state index in [4.69, 9.17) is 23.7 Å². The Morgan fingerprint density at radius 1 is 0.970 bits per heavy atom. The van der Waals surface area contributed by atoms with Gasteiger partial charge in [0.1, 0.15) is 5.75 Å². The maximum Gasteiger partial charge on any atom is 0.340 e. The van der Waals surface area contributed by atoms with Gasteiger partial charge in [0, 0.05) is 23.4 Å². The van der Waals surface area contributed by atoms with E-state index in [0.717, 1.165) is 52.4 Å². The fourth-order valence-electron chi connectivity index (χ4n) is 4.64. The molecule has 1 aromatic heterocycles. The lowest BCUT2D eigenvalue weighted by Crippen LogP contribution is -2.14. The van der Waals surface area contributed by atoms with Crippen LogP contribution in [0.4, 0.5) is 0 Å². The maximum absolute atomic E-state index is 13.3. The van der Waals surface area contributed by atoms with Crippen LogP contribution in [-0.2, 0) is 17.7 Å². The summed E-state index contributed by atoms with van der Waals surface area (Å²) in [6, 6.07) is 9.71. The molecule has 7 heteroatoms. The first-order valence-corrected chi connectivity index (χ1v) is 10.9.